The maximum atomic E-state index is 13.2. The molecule has 0 saturated heterocycles. The van der Waals surface area contributed by atoms with Crippen LogP contribution >= 0.6 is 0 Å². The minimum atomic E-state index is -4.02. The molecule has 10 heteroatoms. The van der Waals surface area contributed by atoms with Crippen molar-refractivity contribution < 1.29 is 27.5 Å². The van der Waals surface area contributed by atoms with Gasteiger partial charge in [0.25, 0.3) is 0 Å². The van der Waals surface area contributed by atoms with E-state index in [0.29, 0.717) is 24.3 Å². The lowest BCUT2D eigenvalue weighted by molar-refractivity contribution is -0.118. The third-order valence-corrected chi connectivity index (χ3v) is 7.07. The summed E-state index contributed by atoms with van der Waals surface area (Å²) >= 11 is 0. The number of carbonyl (C=O) groups excluding carboxylic acids is 3. The maximum Gasteiger partial charge on any atom is 0.338 e. The molecule has 0 aromatic heterocycles. The summed E-state index contributed by atoms with van der Waals surface area (Å²) < 4.78 is 33.9. The van der Waals surface area contributed by atoms with Gasteiger partial charge < -0.3 is 15.0 Å². The average molecular weight is 502 g/mol. The summed E-state index contributed by atoms with van der Waals surface area (Å²) in [5.41, 5.74) is 2.11. The van der Waals surface area contributed by atoms with Crippen LogP contribution in [0.15, 0.2) is 47.4 Å². The van der Waals surface area contributed by atoms with E-state index in [0.717, 1.165) is 5.56 Å². The van der Waals surface area contributed by atoms with Crippen LogP contribution in [0, 0.1) is 5.92 Å². The van der Waals surface area contributed by atoms with Crippen LogP contribution in [-0.2, 0) is 30.8 Å². The van der Waals surface area contributed by atoms with Crippen LogP contribution in [0.1, 0.15) is 50.0 Å². The van der Waals surface area contributed by atoms with Crippen molar-refractivity contribution in [3.63, 3.8) is 0 Å². The number of hydrogen-bond acceptors (Lipinski definition) is 6. The highest BCUT2D eigenvalue weighted by molar-refractivity contribution is 7.89. The molecular weight excluding hydrogens is 470 g/mol. The second kappa shape index (κ2) is 11.0. The predicted octanol–water partition coefficient (Wildman–Crippen LogP) is 3.10. The Morgan fingerprint density at radius 3 is 2.51 bits per heavy atom. The van der Waals surface area contributed by atoms with Crippen LogP contribution in [0.5, 0.6) is 0 Å². The molecule has 2 amide bonds. The van der Waals surface area contributed by atoms with E-state index in [9.17, 15) is 22.8 Å². The monoisotopic (exact) mass is 501 g/mol. The van der Waals surface area contributed by atoms with Gasteiger partial charge in [-0.2, -0.15) is 4.72 Å². The number of ether oxygens (including phenoxy) is 1. The van der Waals surface area contributed by atoms with Crippen LogP contribution in [0.3, 0.4) is 0 Å². The fourth-order valence-corrected chi connectivity index (χ4v) is 5.23. The summed E-state index contributed by atoms with van der Waals surface area (Å²) in [6.07, 6.45) is 0.830. The molecule has 2 aromatic rings. The molecule has 9 nitrogen and oxygen atoms in total. The van der Waals surface area contributed by atoms with Gasteiger partial charge in [0, 0.05) is 24.8 Å². The smallest absolute Gasteiger partial charge is 0.338 e. The zero-order chi connectivity index (χ0) is 25.8. The number of rotatable bonds is 9. The zero-order valence-corrected chi connectivity index (χ0v) is 21.1. The van der Waals surface area contributed by atoms with Gasteiger partial charge in [0.05, 0.1) is 17.1 Å². The van der Waals surface area contributed by atoms with Crippen LogP contribution in [0.25, 0.3) is 0 Å². The predicted molar refractivity (Wildman–Crippen MR) is 133 cm³/mol. The summed E-state index contributed by atoms with van der Waals surface area (Å²) in [6.45, 7) is 7.68. The molecule has 3 rings (SSSR count). The lowest BCUT2D eigenvalue weighted by atomic mass is 10.0. The first kappa shape index (κ1) is 26.4. The van der Waals surface area contributed by atoms with E-state index in [1.165, 1.54) is 19.1 Å². The Morgan fingerprint density at radius 1 is 1.11 bits per heavy atom. The topological polar surface area (TPSA) is 122 Å². The molecule has 188 valence electrons. The molecule has 2 N–H and O–H groups in total. The highest BCUT2D eigenvalue weighted by Crippen LogP contribution is 2.30. The SMILES string of the molecule is CCOC(=O)c1cccc(NC(=O)C(CC(C)C)NS(=O)(=O)c2ccc3c(c2)CCN3C(C)=O)c1. The van der Waals surface area contributed by atoms with E-state index < -0.39 is 27.9 Å². The lowest BCUT2D eigenvalue weighted by Crippen LogP contribution is -2.44. The van der Waals surface area contributed by atoms with Crippen LogP contribution in [-0.4, -0.2) is 45.4 Å². The molecule has 1 aliphatic rings. The Hall–Kier alpha value is -3.24. The molecular formula is C25H31N3O6S. The third-order valence-electron chi connectivity index (χ3n) is 5.60. The number of amides is 2. The number of anilines is 2. The molecule has 2 aromatic carbocycles. The molecule has 1 atom stereocenters. The van der Waals surface area contributed by atoms with Crippen molar-refractivity contribution in [3.8, 4) is 0 Å². The Kier molecular flexibility index (Phi) is 8.29. The zero-order valence-electron chi connectivity index (χ0n) is 20.3. The highest BCUT2D eigenvalue weighted by Gasteiger charge is 2.29. The average Bonchev–Trinajstić information content (AvgIpc) is 3.22. The summed E-state index contributed by atoms with van der Waals surface area (Å²) in [6, 6.07) is 9.86. The van der Waals surface area contributed by atoms with E-state index in [1.807, 2.05) is 13.8 Å². The fraction of sp³-hybridized carbons (Fsp3) is 0.400. The molecule has 0 spiro atoms. The second-order valence-corrected chi connectivity index (χ2v) is 10.5. The summed E-state index contributed by atoms with van der Waals surface area (Å²) in [7, 11) is -4.02. The molecule has 0 fully saturated rings. The number of benzene rings is 2. The quantitative estimate of drug-likeness (QED) is 0.509. The summed E-state index contributed by atoms with van der Waals surface area (Å²) in [4.78, 5) is 38.5. The van der Waals surface area contributed by atoms with Crippen molar-refractivity contribution in [2.45, 2.75) is 51.5 Å². The van der Waals surface area contributed by atoms with E-state index in [1.54, 1.807) is 42.2 Å². The van der Waals surface area contributed by atoms with E-state index >= 15 is 0 Å². The molecule has 35 heavy (non-hydrogen) atoms. The molecule has 1 aliphatic heterocycles. The largest absolute Gasteiger partial charge is 0.462 e. The van der Waals surface area contributed by atoms with Gasteiger partial charge in [0.15, 0.2) is 0 Å². The Balaban J connectivity index is 1.80. The van der Waals surface area contributed by atoms with Crippen LogP contribution in [0.4, 0.5) is 11.4 Å². The number of sulfonamides is 1. The second-order valence-electron chi connectivity index (χ2n) is 8.81. The summed E-state index contributed by atoms with van der Waals surface area (Å²) in [5.74, 6) is -1.11. The Bertz CT molecular complexity index is 1230. The normalized spacial score (nSPS) is 13.9. The number of nitrogens with zero attached hydrogens (tertiary/aromatic N) is 1. The first-order valence-electron chi connectivity index (χ1n) is 11.5. The molecule has 0 radical (unpaired) electrons. The molecule has 0 bridgehead atoms. The van der Waals surface area contributed by atoms with Gasteiger partial charge in [-0.3, -0.25) is 9.59 Å². The van der Waals surface area contributed by atoms with Gasteiger partial charge in [-0.15, -0.1) is 0 Å². The Morgan fingerprint density at radius 2 is 1.86 bits per heavy atom. The van der Waals surface area contributed by atoms with Crippen molar-refractivity contribution in [2.75, 3.05) is 23.4 Å². The minimum absolute atomic E-state index is 0.0310. The highest BCUT2D eigenvalue weighted by atomic mass is 32.2. The van der Waals surface area contributed by atoms with Crippen molar-refractivity contribution >= 4 is 39.2 Å². The number of fused-ring (bicyclic) bond motifs is 1. The van der Waals surface area contributed by atoms with Gasteiger partial charge in [0.1, 0.15) is 6.04 Å². The standard InChI is InChI=1S/C25H31N3O6S/c1-5-34-25(31)19-7-6-8-20(14-19)26-24(30)22(13-16(2)3)27-35(32,33)21-9-10-23-18(15-21)11-12-28(23)17(4)29/h6-10,14-16,22,27H,5,11-13H2,1-4H3,(H,26,30). The van der Waals surface area contributed by atoms with Crippen molar-refractivity contribution in [3.05, 3.63) is 53.6 Å². The van der Waals surface area contributed by atoms with Gasteiger partial charge >= 0.3 is 5.97 Å². The van der Waals surface area contributed by atoms with Crippen molar-refractivity contribution in [1.82, 2.24) is 4.72 Å². The van der Waals surface area contributed by atoms with Gasteiger partial charge in [-0.05, 0) is 67.6 Å². The number of hydrogen-bond donors (Lipinski definition) is 2. The Labute approximate surface area is 205 Å². The van der Waals surface area contributed by atoms with Crippen LogP contribution in [0.2, 0.25) is 0 Å². The minimum Gasteiger partial charge on any atom is -0.462 e. The first-order chi connectivity index (χ1) is 16.5. The molecule has 0 aliphatic carbocycles. The van der Waals surface area contributed by atoms with Gasteiger partial charge in [-0.1, -0.05) is 19.9 Å². The maximum absolute atomic E-state index is 13.2. The number of esters is 1. The third kappa shape index (κ3) is 6.46. The molecule has 1 heterocycles. The fourth-order valence-electron chi connectivity index (χ4n) is 3.98. The van der Waals surface area contributed by atoms with Crippen LogP contribution < -0.4 is 14.9 Å². The van der Waals surface area contributed by atoms with Crippen molar-refractivity contribution in [1.29, 1.82) is 0 Å². The summed E-state index contributed by atoms with van der Waals surface area (Å²) in [5, 5.41) is 2.70. The van der Waals surface area contributed by atoms with Crippen molar-refractivity contribution in [2.24, 2.45) is 5.92 Å². The van der Waals surface area contributed by atoms with E-state index in [-0.39, 0.29) is 35.3 Å². The number of nitrogens with one attached hydrogen (secondary N) is 2. The molecule has 0 saturated carbocycles. The number of carbonyl (C=O) groups is 3. The molecule has 1 unspecified atom stereocenters. The van der Waals surface area contributed by atoms with E-state index in [4.69, 9.17) is 4.74 Å². The first-order valence-corrected chi connectivity index (χ1v) is 13.0. The van der Waals surface area contributed by atoms with E-state index in [2.05, 4.69) is 10.0 Å². The lowest BCUT2D eigenvalue weighted by Gasteiger charge is -2.21. The van der Waals surface area contributed by atoms with Gasteiger partial charge in [0.2, 0.25) is 21.8 Å². The van der Waals surface area contributed by atoms with Gasteiger partial charge in [-0.25, -0.2) is 13.2 Å².